The summed E-state index contributed by atoms with van der Waals surface area (Å²) in [6.07, 6.45) is 4.28. The minimum absolute atomic E-state index is 0.114. The molecule has 1 amide bonds. The maximum atomic E-state index is 12.7. The van der Waals surface area contributed by atoms with Crippen LogP contribution in [0.15, 0.2) is 36.5 Å². The molecule has 0 N–H and O–H groups in total. The maximum absolute atomic E-state index is 12.7. The van der Waals surface area contributed by atoms with E-state index in [4.69, 9.17) is 4.98 Å². The summed E-state index contributed by atoms with van der Waals surface area (Å²) >= 11 is 2.24. The Balaban J connectivity index is 1.40. The summed E-state index contributed by atoms with van der Waals surface area (Å²) in [6, 6.07) is 9.75. The van der Waals surface area contributed by atoms with Crippen molar-refractivity contribution in [3.8, 4) is 0 Å². The molecule has 0 saturated carbocycles. The normalized spacial score (nSPS) is 17.7. The van der Waals surface area contributed by atoms with Crippen LogP contribution in [0.2, 0.25) is 0 Å². The molecule has 6 nitrogen and oxygen atoms in total. The number of benzene rings is 1. The van der Waals surface area contributed by atoms with Gasteiger partial charge in [-0.3, -0.25) is 4.79 Å². The summed E-state index contributed by atoms with van der Waals surface area (Å²) in [4.78, 5) is 28.3. The van der Waals surface area contributed by atoms with Gasteiger partial charge in [0.25, 0.3) is 5.91 Å². The largest absolute Gasteiger partial charge is 0.353 e. The number of nitrogens with zero attached hydrogens (tertiary/aromatic N) is 5. The highest BCUT2D eigenvalue weighted by Crippen LogP contribution is 2.20. The molecule has 26 heavy (non-hydrogen) atoms. The molecular formula is C19H22IN5O. The monoisotopic (exact) mass is 463 g/mol. The van der Waals surface area contributed by atoms with Gasteiger partial charge in [0.1, 0.15) is 5.82 Å². The molecule has 0 radical (unpaired) electrons. The molecule has 2 aliphatic rings. The van der Waals surface area contributed by atoms with E-state index < -0.39 is 0 Å². The molecule has 0 bridgehead atoms. The van der Waals surface area contributed by atoms with Crippen LogP contribution in [0.25, 0.3) is 0 Å². The fraction of sp³-hybridized carbons (Fsp3) is 0.421. The van der Waals surface area contributed by atoms with Crippen LogP contribution in [-0.2, 0) is 0 Å². The molecule has 2 aliphatic heterocycles. The van der Waals surface area contributed by atoms with E-state index in [1.54, 1.807) is 0 Å². The van der Waals surface area contributed by atoms with Crippen molar-refractivity contribution in [2.75, 3.05) is 49.1 Å². The molecule has 1 aromatic heterocycles. The maximum Gasteiger partial charge on any atom is 0.254 e. The van der Waals surface area contributed by atoms with Crippen molar-refractivity contribution < 1.29 is 4.79 Å². The molecule has 7 heteroatoms. The second-order valence-electron chi connectivity index (χ2n) is 6.70. The minimum Gasteiger partial charge on any atom is -0.353 e. The van der Waals surface area contributed by atoms with E-state index in [2.05, 4.69) is 37.4 Å². The standard InChI is InChI=1S/C19H22IN5O/c20-16-5-3-4-15(14-16)18(26)24-12-10-23(11-13-24)17-6-7-21-19(22-17)25-8-1-2-9-25/h3-7,14H,1-2,8-13H2. The second kappa shape index (κ2) is 7.77. The molecule has 136 valence electrons. The molecular weight excluding hydrogens is 441 g/mol. The zero-order valence-corrected chi connectivity index (χ0v) is 16.8. The van der Waals surface area contributed by atoms with E-state index in [9.17, 15) is 4.79 Å². The van der Waals surface area contributed by atoms with Gasteiger partial charge in [0.05, 0.1) is 0 Å². The Kier molecular flexibility index (Phi) is 5.23. The number of carbonyl (C=O) groups excluding carboxylic acids is 1. The third kappa shape index (κ3) is 3.77. The van der Waals surface area contributed by atoms with Crippen molar-refractivity contribution in [1.29, 1.82) is 0 Å². The van der Waals surface area contributed by atoms with Gasteiger partial charge in [-0.1, -0.05) is 6.07 Å². The number of piperazine rings is 1. The molecule has 4 rings (SSSR count). The van der Waals surface area contributed by atoms with Gasteiger partial charge in [0, 0.05) is 54.6 Å². The smallest absolute Gasteiger partial charge is 0.254 e. The number of amides is 1. The highest BCUT2D eigenvalue weighted by Gasteiger charge is 2.24. The van der Waals surface area contributed by atoms with Crippen molar-refractivity contribution >= 4 is 40.3 Å². The third-order valence-corrected chi connectivity index (χ3v) is 5.65. The Labute approximate surface area is 167 Å². The van der Waals surface area contributed by atoms with Crippen LogP contribution >= 0.6 is 22.6 Å². The fourth-order valence-electron chi connectivity index (χ4n) is 3.53. The number of carbonyl (C=O) groups is 1. The van der Waals surface area contributed by atoms with Crippen LogP contribution in [0.1, 0.15) is 23.2 Å². The number of anilines is 2. The summed E-state index contributed by atoms with van der Waals surface area (Å²) in [5, 5.41) is 0. The minimum atomic E-state index is 0.114. The molecule has 1 aromatic carbocycles. The van der Waals surface area contributed by atoms with Crippen molar-refractivity contribution in [3.05, 3.63) is 45.7 Å². The topological polar surface area (TPSA) is 52.6 Å². The van der Waals surface area contributed by atoms with E-state index in [-0.39, 0.29) is 5.91 Å². The van der Waals surface area contributed by atoms with Crippen molar-refractivity contribution in [3.63, 3.8) is 0 Å². The van der Waals surface area contributed by atoms with Gasteiger partial charge in [-0.25, -0.2) is 4.98 Å². The van der Waals surface area contributed by atoms with Gasteiger partial charge in [0.15, 0.2) is 0 Å². The molecule has 0 unspecified atom stereocenters. The quantitative estimate of drug-likeness (QED) is 0.656. The summed E-state index contributed by atoms with van der Waals surface area (Å²) in [7, 11) is 0. The molecule has 0 atom stereocenters. The Hall–Kier alpha value is -1.90. The van der Waals surface area contributed by atoms with Gasteiger partial charge >= 0.3 is 0 Å². The Morgan fingerprint density at radius 3 is 2.46 bits per heavy atom. The Morgan fingerprint density at radius 1 is 0.962 bits per heavy atom. The number of rotatable bonds is 3. The number of aromatic nitrogens is 2. The van der Waals surface area contributed by atoms with Crippen molar-refractivity contribution in [1.82, 2.24) is 14.9 Å². The first-order chi connectivity index (χ1) is 12.7. The van der Waals surface area contributed by atoms with E-state index in [1.165, 1.54) is 12.8 Å². The zero-order chi connectivity index (χ0) is 17.9. The van der Waals surface area contributed by atoms with Crippen LogP contribution in [0.5, 0.6) is 0 Å². The SMILES string of the molecule is O=C(c1cccc(I)c1)N1CCN(c2ccnc(N3CCCC3)n2)CC1. The Morgan fingerprint density at radius 2 is 1.73 bits per heavy atom. The molecule has 3 heterocycles. The zero-order valence-electron chi connectivity index (χ0n) is 14.6. The van der Waals surface area contributed by atoms with Crippen LogP contribution in [-0.4, -0.2) is 60.0 Å². The highest BCUT2D eigenvalue weighted by atomic mass is 127. The van der Waals surface area contributed by atoms with Gasteiger partial charge in [-0.15, -0.1) is 0 Å². The lowest BCUT2D eigenvalue weighted by atomic mass is 10.2. The molecule has 2 fully saturated rings. The number of halogens is 1. The van der Waals surface area contributed by atoms with Crippen molar-refractivity contribution in [2.24, 2.45) is 0 Å². The van der Waals surface area contributed by atoms with Gasteiger partial charge in [-0.05, 0) is 59.7 Å². The summed E-state index contributed by atoms with van der Waals surface area (Å²) in [6.45, 7) is 5.11. The highest BCUT2D eigenvalue weighted by molar-refractivity contribution is 14.1. The Bertz CT molecular complexity index is 785. The van der Waals surface area contributed by atoms with Crippen molar-refractivity contribution in [2.45, 2.75) is 12.8 Å². The first-order valence-corrected chi connectivity index (χ1v) is 10.2. The summed E-state index contributed by atoms with van der Waals surface area (Å²) in [5.74, 6) is 1.91. The first-order valence-electron chi connectivity index (χ1n) is 9.08. The summed E-state index contributed by atoms with van der Waals surface area (Å²) in [5.41, 5.74) is 0.767. The van der Waals surface area contributed by atoms with Gasteiger partial charge in [0.2, 0.25) is 5.95 Å². The molecule has 0 aliphatic carbocycles. The molecule has 2 saturated heterocycles. The lowest BCUT2D eigenvalue weighted by Gasteiger charge is -2.35. The van der Waals surface area contributed by atoms with E-state index in [1.807, 2.05) is 41.4 Å². The van der Waals surface area contributed by atoms with Crippen LogP contribution < -0.4 is 9.80 Å². The van der Waals surface area contributed by atoms with Crippen LogP contribution in [0.3, 0.4) is 0 Å². The molecule has 0 spiro atoms. The molecule has 2 aromatic rings. The number of hydrogen-bond donors (Lipinski definition) is 0. The van der Waals surface area contributed by atoms with Crippen LogP contribution in [0.4, 0.5) is 11.8 Å². The van der Waals surface area contributed by atoms with Gasteiger partial charge < -0.3 is 14.7 Å². The third-order valence-electron chi connectivity index (χ3n) is 4.98. The lowest BCUT2D eigenvalue weighted by Crippen LogP contribution is -2.49. The predicted molar refractivity (Wildman–Crippen MR) is 111 cm³/mol. The second-order valence-corrected chi connectivity index (χ2v) is 7.94. The van der Waals surface area contributed by atoms with Gasteiger partial charge in [-0.2, -0.15) is 4.98 Å². The predicted octanol–water partition coefficient (Wildman–Crippen LogP) is 2.64. The van der Waals surface area contributed by atoms with E-state index >= 15 is 0 Å². The average Bonchev–Trinajstić information content (AvgIpc) is 3.23. The van der Waals surface area contributed by atoms with E-state index in [0.29, 0.717) is 13.1 Å². The summed E-state index contributed by atoms with van der Waals surface area (Å²) < 4.78 is 1.09. The van der Waals surface area contributed by atoms with Crippen LogP contribution in [0, 0.1) is 3.57 Å². The fourth-order valence-corrected chi connectivity index (χ4v) is 4.07. The number of hydrogen-bond acceptors (Lipinski definition) is 5. The average molecular weight is 463 g/mol. The first kappa shape index (κ1) is 17.5. The lowest BCUT2D eigenvalue weighted by molar-refractivity contribution is 0.0746. The van der Waals surface area contributed by atoms with E-state index in [0.717, 1.165) is 47.1 Å².